The van der Waals surface area contributed by atoms with E-state index in [4.69, 9.17) is 4.52 Å². The van der Waals surface area contributed by atoms with E-state index in [2.05, 4.69) is 36.9 Å². The van der Waals surface area contributed by atoms with Crippen molar-refractivity contribution in [2.24, 2.45) is 0 Å². The van der Waals surface area contributed by atoms with Crippen LogP contribution in [-0.2, 0) is 6.54 Å². The number of likely N-dealkylation sites (tertiary alicyclic amines) is 1. The lowest BCUT2D eigenvalue weighted by Gasteiger charge is -2.21. The molecule has 0 radical (unpaired) electrons. The normalized spacial score (nSPS) is 17.7. The molecule has 0 spiro atoms. The van der Waals surface area contributed by atoms with Crippen LogP contribution in [-0.4, -0.2) is 42.3 Å². The first kappa shape index (κ1) is 17.1. The van der Waals surface area contributed by atoms with Crippen LogP contribution in [0.1, 0.15) is 37.3 Å². The van der Waals surface area contributed by atoms with Gasteiger partial charge in [0.25, 0.3) is 0 Å². The molecule has 0 unspecified atom stereocenters. The molecule has 0 aliphatic carbocycles. The first-order valence-corrected chi connectivity index (χ1v) is 9.74. The number of pyridine rings is 1. The Labute approximate surface area is 156 Å². The molecule has 1 atom stereocenters. The summed E-state index contributed by atoms with van der Waals surface area (Å²) < 4.78 is 5.56. The van der Waals surface area contributed by atoms with Crippen molar-refractivity contribution < 1.29 is 4.52 Å². The highest BCUT2D eigenvalue weighted by Crippen LogP contribution is 2.33. The lowest BCUT2D eigenvalue weighted by atomic mass is 10.2. The molecule has 0 saturated carbocycles. The molecule has 26 heavy (non-hydrogen) atoms. The maximum Gasteiger partial charge on any atom is 0.244 e. The van der Waals surface area contributed by atoms with Gasteiger partial charge in [-0.25, -0.2) is 9.97 Å². The lowest BCUT2D eigenvalue weighted by molar-refractivity contribution is 0.200. The first-order valence-electron chi connectivity index (χ1n) is 8.75. The van der Waals surface area contributed by atoms with Crippen molar-refractivity contribution in [1.29, 1.82) is 0 Å². The Morgan fingerprint density at radius 2 is 2.04 bits per heavy atom. The van der Waals surface area contributed by atoms with Crippen LogP contribution in [0, 0.1) is 0 Å². The zero-order chi connectivity index (χ0) is 17.8. The lowest BCUT2D eigenvalue weighted by Crippen LogP contribution is -2.23. The van der Waals surface area contributed by atoms with E-state index in [1.807, 2.05) is 24.5 Å². The average Bonchev–Trinajstić information content (AvgIpc) is 3.33. The van der Waals surface area contributed by atoms with Gasteiger partial charge >= 0.3 is 0 Å². The molecule has 3 aromatic heterocycles. The molecule has 1 saturated heterocycles. The smallest absolute Gasteiger partial charge is 0.244 e. The van der Waals surface area contributed by atoms with Crippen molar-refractivity contribution in [2.45, 2.75) is 37.5 Å². The highest BCUT2D eigenvalue weighted by molar-refractivity contribution is 7.99. The SMILES string of the molecule is CCSc1ncc(CN2CCC[C@H]2c2nc(-c3ccncc3)no2)cn1. The molecule has 7 nitrogen and oxygen atoms in total. The van der Waals surface area contributed by atoms with Gasteiger partial charge in [0.1, 0.15) is 0 Å². The summed E-state index contributed by atoms with van der Waals surface area (Å²) in [5.74, 6) is 2.26. The van der Waals surface area contributed by atoms with Gasteiger partial charge in [0.2, 0.25) is 11.7 Å². The highest BCUT2D eigenvalue weighted by Gasteiger charge is 2.31. The van der Waals surface area contributed by atoms with Gasteiger partial charge in [-0.05, 0) is 37.3 Å². The van der Waals surface area contributed by atoms with E-state index in [-0.39, 0.29) is 6.04 Å². The first-order chi connectivity index (χ1) is 12.8. The maximum absolute atomic E-state index is 5.56. The van der Waals surface area contributed by atoms with Crippen LogP contribution in [0.3, 0.4) is 0 Å². The van der Waals surface area contributed by atoms with Gasteiger partial charge in [0.05, 0.1) is 6.04 Å². The second kappa shape index (κ2) is 7.92. The fraction of sp³-hybridized carbons (Fsp3) is 0.389. The minimum absolute atomic E-state index is 0.141. The zero-order valence-corrected chi connectivity index (χ0v) is 15.4. The summed E-state index contributed by atoms with van der Waals surface area (Å²) in [5.41, 5.74) is 2.02. The van der Waals surface area contributed by atoms with Crippen LogP contribution in [0.15, 0.2) is 46.6 Å². The summed E-state index contributed by atoms with van der Waals surface area (Å²) >= 11 is 1.65. The molecule has 1 aliphatic rings. The van der Waals surface area contributed by atoms with Gasteiger partial charge in [-0.3, -0.25) is 9.88 Å². The van der Waals surface area contributed by atoms with Crippen LogP contribution in [0.25, 0.3) is 11.4 Å². The van der Waals surface area contributed by atoms with E-state index in [1.165, 1.54) is 0 Å². The number of thioether (sulfide) groups is 1. The van der Waals surface area contributed by atoms with Crippen molar-refractivity contribution in [3.63, 3.8) is 0 Å². The molecule has 0 aromatic carbocycles. The Morgan fingerprint density at radius 3 is 2.81 bits per heavy atom. The molecular weight excluding hydrogens is 348 g/mol. The molecule has 4 rings (SSSR count). The van der Waals surface area contributed by atoms with Crippen LogP contribution < -0.4 is 0 Å². The van der Waals surface area contributed by atoms with Crippen LogP contribution >= 0.6 is 11.8 Å². The standard InChI is InChI=1S/C18H20N6OS/c1-2-26-18-20-10-13(11-21-18)12-24-9-3-4-15(24)17-22-16(23-25-17)14-5-7-19-8-6-14/h5-8,10-11,15H,2-4,9,12H2,1H3/t15-/m0/s1. The quantitative estimate of drug-likeness (QED) is 0.484. The van der Waals surface area contributed by atoms with Gasteiger partial charge in [-0.15, -0.1) is 0 Å². The molecule has 0 N–H and O–H groups in total. The van der Waals surface area contributed by atoms with E-state index < -0.39 is 0 Å². The van der Waals surface area contributed by atoms with Crippen LogP contribution in [0.5, 0.6) is 0 Å². The summed E-state index contributed by atoms with van der Waals surface area (Å²) in [6.07, 6.45) is 9.42. The van der Waals surface area contributed by atoms with Crippen molar-refractivity contribution in [3.8, 4) is 11.4 Å². The molecule has 0 amide bonds. The zero-order valence-electron chi connectivity index (χ0n) is 14.6. The Kier molecular flexibility index (Phi) is 5.21. The van der Waals surface area contributed by atoms with Gasteiger partial charge in [0, 0.05) is 42.5 Å². The van der Waals surface area contributed by atoms with Crippen molar-refractivity contribution in [2.75, 3.05) is 12.3 Å². The van der Waals surface area contributed by atoms with Gasteiger partial charge in [-0.2, -0.15) is 4.98 Å². The van der Waals surface area contributed by atoms with Gasteiger partial charge in [0.15, 0.2) is 5.16 Å². The predicted octanol–water partition coefficient (Wildman–Crippen LogP) is 3.37. The average molecular weight is 368 g/mol. The van der Waals surface area contributed by atoms with E-state index in [9.17, 15) is 0 Å². The Balaban J connectivity index is 1.47. The number of aromatic nitrogens is 5. The molecule has 1 fully saturated rings. The molecule has 1 aliphatic heterocycles. The minimum Gasteiger partial charge on any atom is -0.337 e. The second-order valence-electron chi connectivity index (χ2n) is 6.13. The molecule has 4 heterocycles. The molecule has 134 valence electrons. The summed E-state index contributed by atoms with van der Waals surface area (Å²) in [6.45, 7) is 3.89. The number of nitrogens with zero attached hydrogens (tertiary/aromatic N) is 6. The number of hydrogen-bond acceptors (Lipinski definition) is 8. The van der Waals surface area contributed by atoms with E-state index in [0.29, 0.717) is 11.7 Å². The van der Waals surface area contributed by atoms with Crippen molar-refractivity contribution >= 4 is 11.8 Å². The Hall–Kier alpha value is -2.32. The third-order valence-electron chi connectivity index (χ3n) is 4.37. The number of hydrogen-bond donors (Lipinski definition) is 0. The Morgan fingerprint density at radius 1 is 1.23 bits per heavy atom. The van der Waals surface area contributed by atoms with E-state index >= 15 is 0 Å². The third kappa shape index (κ3) is 3.76. The summed E-state index contributed by atoms with van der Waals surface area (Å²) in [7, 11) is 0. The predicted molar refractivity (Wildman–Crippen MR) is 98.3 cm³/mol. The molecule has 0 bridgehead atoms. The largest absolute Gasteiger partial charge is 0.337 e. The van der Waals surface area contributed by atoms with Crippen LogP contribution in [0.4, 0.5) is 0 Å². The summed E-state index contributed by atoms with van der Waals surface area (Å²) in [6, 6.07) is 3.91. The topological polar surface area (TPSA) is 80.8 Å². The molecule has 3 aromatic rings. The fourth-order valence-electron chi connectivity index (χ4n) is 3.15. The highest BCUT2D eigenvalue weighted by atomic mass is 32.2. The maximum atomic E-state index is 5.56. The fourth-order valence-corrected chi connectivity index (χ4v) is 3.66. The van der Waals surface area contributed by atoms with Crippen LogP contribution in [0.2, 0.25) is 0 Å². The van der Waals surface area contributed by atoms with E-state index in [1.54, 1.807) is 24.2 Å². The Bertz CT molecular complexity index is 838. The van der Waals surface area contributed by atoms with E-state index in [0.717, 1.165) is 48.0 Å². The van der Waals surface area contributed by atoms with Crippen molar-refractivity contribution in [1.82, 2.24) is 30.0 Å². The van der Waals surface area contributed by atoms with Gasteiger partial charge in [-0.1, -0.05) is 23.8 Å². The second-order valence-corrected chi connectivity index (χ2v) is 7.36. The minimum atomic E-state index is 0.141. The third-order valence-corrected chi connectivity index (χ3v) is 5.13. The number of rotatable bonds is 6. The molecule has 8 heteroatoms. The summed E-state index contributed by atoms with van der Waals surface area (Å²) in [5, 5.41) is 4.96. The molecular formula is C18H20N6OS. The van der Waals surface area contributed by atoms with Crippen molar-refractivity contribution in [3.05, 3.63) is 48.4 Å². The van der Waals surface area contributed by atoms with Gasteiger partial charge < -0.3 is 4.52 Å². The summed E-state index contributed by atoms with van der Waals surface area (Å²) in [4.78, 5) is 19.8. The monoisotopic (exact) mass is 368 g/mol.